The van der Waals surface area contributed by atoms with Crippen molar-refractivity contribution in [2.75, 3.05) is 34.5 Å². The quantitative estimate of drug-likeness (QED) is 0.0621. The summed E-state index contributed by atoms with van der Waals surface area (Å²) in [5.41, 5.74) is 0.908. The van der Waals surface area contributed by atoms with Crippen molar-refractivity contribution in [3.63, 3.8) is 0 Å². The fourth-order valence-electron chi connectivity index (χ4n) is 5.94. The summed E-state index contributed by atoms with van der Waals surface area (Å²) in [6.45, 7) is 6.93. The highest BCUT2D eigenvalue weighted by Gasteiger charge is 2.23. The van der Waals surface area contributed by atoms with E-state index in [-0.39, 0.29) is 81.4 Å². The Bertz CT molecular complexity index is 2220. The van der Waals surface area contributed by atoms with Crippen molar-refractivity contribution in [3.05, 3.63) is 149 Å². The van der Waals surface area contributed by atoms with Crippen LogP contribution in [0.4, 0.5) is 22.7 Å². The molecule has 0 radical (unpaired) electrons. The molecule has 0 saturated carbocycles. The third-order valence-electron chi connectivity index (χ3n) is 9.53. The molecule has 310 valence electrons. The molecule has 0 fully saturated rings. The van der Waals surface area contributed by atoms with E-state index in [0.717, 1.165) is 0 Å². The molecule has 0 unspecified atom stereocenters. The zero-order chi connectivity index (χ0) is 43.3. The van der Waals surface area contributed by atoms with Crippen LogP contribution in [-0.4, -0.2) is 75.9 Å². The van der Waals surface area contributed by atoms with Gasteiger partial charge in [0, 0.05) is 0 Å². The maximum atomic E-state index is 13.6. The number of pyridine rings is 1. The van der Waals surface area contributed by atoms with Crippen molar-refractivity contribution >= 4 is 58.2 Å². The first-order chi connectivity index (χ1) is 28.8. The van der Waals surface area contributed by atoms with E-state index in [4.69, 9.17) is 0 Å². The van der Waals surface area contributed by atoms with Crippen LogP contribution < -0.4 is 31.9 Å². The number of para-hydroxylation sites is 4. The Morgan fingerprint density at radius 3 is 1.00 bits per heavy atom. The lowest BCUT2D eigenvalue weighted by atomic mass is 10.0. The number of amides is 6. The van der Waals surface area contributed by atoms with Crippen molar-refractivity contribution in [3.8, 4) is 0 Å². The predicted octanol–water partition coefficient (Wildman–Crippen LogP) is 5.58. The van der Waals surface area contributed by atoms with Gasteiger partial charge in [0.25, 0.3) is 35.4 Å². The van der Waals surface area contributed by atoms with Crippen LogP contribution in [0.5, 0.6) is 0 Å². The minimum absolute atomic E-state index is 0.0365. The van der Waals surface area contributed by atoms with E-state index in [0.29, 0.717) is 0 Å². The number of aliphatic hydroxyl groups is 2. The highest BCUT2D eigenvalue weighted by atomic mass is 16.3. The van der Waals surface area contributed by atoms with Crippen LogP contribution in [0, 0.1) is 11.8 Å². The average molecular weight is 814 g/mol. The van der Waals surface area contributed by atoms with Gasteiger partial charge < -0.3 is 42.1 Å². The molecule has 6 amide bonds. The molecule has 15 heteroatoms. The second kappa shape index (κ2) is 20.5. The summed E-state index contributed by atoms with van der Waals surface area (Å²) in [6, 6.07) is 28.5. The number of hydrogen-bond donors (Lipinski definition) is 8. The topological polar surface area (TPSA) is 228 Å². The van der Waals surface area contributed by atoms with Gasteiger partial charge in [-0.3, -0.25) is 28.8 Å². The highest BCUT2D eigenvalue weighted by molar-refractivity contribution is 6.16. The molecule has 15 nitrogen and oxygen atoms in total. The Morgan fingerprint density at radius 2 is 0.700 bits per heavy atom. The predicted molar refractivity (Wildman–Crippen MR) is 228 cm³/mol. The second-order valence-corrected chi connectivity index (χ2v) is 14.4. The van der Waals surface area contributed by atoms with Crippen LogP contribution in [0.1, 0.15) is 90.1 Å². The van der Waals surface area contributed by atoms with Crippen LogP contribution in [0.15, 0.2) is 115 Å². The largest absolute Gasteiger partial charge is 0.394 e. The number of aromatic nitrogens is 1. The van der Waals surface area contributed by atoms with Crippen LogP contribution in [0.3, 0.4) is 0 Å². The van der Waals surface area contributed by atoms with Gasteiger partial charge in [-0.1, -0.05) is 82.3 Å². The Hall–Kier alpha value is -7.23. The minimum Gasteiger partial charge on any atom is -0.394 e. The molecule has 8 N–H and O–H groups in total. The molecule has 1 aromatic heterocycles. The van der Waals surface area contributed by atoms with E-state index in [9.17, 15) is 39.0 Å². The Morgan fingerprint density at radius 1 is 0.417 bits per heavy atom. The number of nitrogens with one attached hydrogen (secondary N) is 6. The smallest absolute Gasteiger partial charge is 0.274 e. The fourth-order valence-corrected chi connectivity index (χ4v) is 5.94. The summed E-state index contributed by atoms with van der Waals surface area (Å²) >= 11 is 0. The summed E-state index contributed by atoms with van der Waals surface area (Å²) in [5, 5.41) is 35.8. The maximum Gasteiger partial charge on any atom is 0.274 e. The van der Waals surface area contributed by atoms with Gasteiger partial charge in [-0.05, 0) is 72.5 Å². The number of anilines is 4. The molecule has 0 bridgehead atoms. The monoisotopic (exact) mass is 813 g/mol. The molecule has 0 aliphatic carbocycles. The van der Waals surface area contributed by atoms with E-state index in [1.807, 2.05) is 27.7 Å². The molecule has 5 rings (SSSR count). The zero-order valence-electron chi connectivity index (χ0n) is 33.5. The fraction of sp³-hybridized carbons (Fsp3) is 0.222. The molecule has 2 atom stereocenters. The second-order valence-electron chi connectivity index (χ2n) is 14.4. The third kappa shape index (κ3) is 11.0. The van der Waals surface area contributed by atoms with E-state index >= 15 is 0 Å². The van der Waals surface area contributed by atoms with Crippen molar-refractivity contribution in [1.29, 1.82) is 0 Å². The Kier molecular flexibility index (Phi) is 15.0. The summed E-state index contributed by atoms with van der Waals surface area (Å²) in [5.74, 6) is -3.73. The van der Waals surface area contributed by atoms with Gasteiger partial charge in [-0.25, -0.2) is 4.98 Å². The number of hydrogen-bond acceptors (Lipinski definition) is 9. The first-order valence-electron chi connectivity index (χ1n) is 19.2. The van der Waals surface area contributed by atoms with Crippen LogP contribution in [-0.2, 0) is 0 Å². The summed E-state index contributed by atoms with van der Waals surface area (Å²) < 4.78 is 0. The number of aliphatic hydroxyl groups excluding tert-OH is 2. The molecule has 0 saturated heterocycles. The number of nitrogens with zero attached hydrogens (tertiary/aromatic N) is 1. The summed E-state index contributed by atoms with van der Waals surface area (Å²) in [6.07, 6.45) is 0. The number of benzene rings is 4. The number of carbonyl (C=O) groups is 6. The van der Waals surface area contributed by atoms with Gasteiger partial charge in [0.05, 0.1) is 70.3 Å². The zero-order valence-corrected chi connectivity index (χ0v) is 33.5. The Balaban J connectivity index is 1.28. The lowest BCUT2D eigenvalue weighted by molar-refractivity contribution is 0.0890. The van der Waals surface area contributed by atoms with Gasteiger partial charge in [-0.2, -0.15) is 0 Å². The SMILES string of the molecule is CC(C)[C@@H](CO)NC(=O)c1ccccc1NC(=O)c1ccccc1NC(=O)c1cccc(C(=O)Nc2ccccc2C(=O)Nc2ccccc2C(=O)N[C@H](CO)C(C)C)n1. The van der Waals surface area contributed by atoms with Gasteiger partial charge in [0.15, 0.2) is 0 Å². The van der Waals surface area contributed by atoms with Crippen LogP contribution in [0.2, 0.25) is 0 Å². The lowest BCUT2D eigenvalue weighted by Gasteiger charge is -2.21. The van der Waals surface area contributed by atoms with Gasteiger partial charge >= 0.3 is 0 Å². The first kappa shape index (κ1) is 43.9. The van der Waals surface area contributed by atoms with Gasteiger partial charge in [-0.15, -0.1) is 0 Å². The standard InChI is InChI=1S/C45H47N7O8/c1-26(2)38(24-53)51-42(57)28-14-5-9-18-32(28)47-40(55)30-16-7-11-20-34(30)49-44(59)36-22-13-23-37(46-36)45(60)50-35-21-12-8-17-31(35)41(56)48-33-19-10-6-15-29(33)43(58)52-39(25-54)27(3)4/h5-23,26-27,38-39,53-54H,24-25H2,1-4H3,(H,47,55)(H,48,56)(H,49,59)(H,50,60)(H,51,57)(H,52,58)/t38-,39-/m1/s1. The van der Waals surface area contributed by atoms with E-state index in [1.165, 1.54) is 42.5 Å². The van der Waals surface area contributed by atoms with Crippen molar-refractivity contribution < 1.29 is 39.0 Å². The molecule has 60 heavy (non-hydrogen) atoms. The minimum atomic E-state index is -0.727. The molecular weight excluding hydrogens is 767 g/mol. The van der Waals surface area contributed by atoms with Crippen LogP contribution >= 0.6 is 0 Å². The summed E-state index contributed by atoms with van der Waals surface area (Å²) in [4.78, 5) is 84.6. The normalized spacial score (nSPS) is 11.9. The maximum absolute atomic E-state index is 13.6. The molecular formula is C45H47N7O8. The number of carbonyl (C=O) groups excluding carboxylic acids is 6. The van der Waals surface area contributed by atoms with Gasteiger partial charge in [0.1, 0.15) is 11.4 Å². The molecule has 0 aliphatic heterocycles. The Labute approximate surface area is 347 Å². The number of rotatable bonds is 16. The van der Waals surface area contributed by atoms with Crippen molar-refractivity contribution in [2.24, 2.45) is 11.8 Å². The van der Waals surface area contributed by atoms with E-state index in [1.54, 1.807) is 72.8 Å². The highest BCUT2D eigenvalue weighted by Crippen LogP contribution is 2.23. The molecule has 0 aliphatic rings. The van der Waals surface area contributed by atoms with Crippen molar-refractivity contribution in [1.82, 2.24) is 15.6 Å². The molecule has 1 heterocycles. The molecule has 4 aromatic carbocycles. The summed E-state index contributed by atoms with van der Waals surface area (Å²) in [7, 11) is 0. The lowest BCUT2D eigenvalue weighted by Crippen LogP contribution is -2.41. The van der Waals surface area contributed by atoms with Crippen LogP contribution in [0.25, 0.3) is 0 Å². The van der Waals surface area contributed by atoms with Gasteiger partial charge in [0.2, 0.25) is 0 Å². The first-order valence-corrected chi connectivity index (χ1v) is 19.2. The van der Waals surface area contributed by atoms with Crippen molar-refractivity contribution in [2.45, 2.75) is 39.8 Å². The molecule has 5 aromatic rings. The van der Waals surface area contributed by atoms with E-state index in [2.05, 4.69) is 36.9 Å². The third-order valence-corrected chi connectivity index (χ3v) is 9.53. The van der Waals surface area contributed by atoms with E-state index < -0.39 is 47.5 Å². The molecule has 0 spiro atoms. The average Bonchev–Trinajstić information content (AvgIpc) is 3.25.